The van der Waals surface area contributed by atoms with E-state index in [0.717, 1.165) is 5.57 Å². The fourth-order valence-corrected chi connectivity index (χ4v) is 5.58. The quantitative estimate of drug-likeness (QED) is 0.219. The first kappa shape index (κ1) is 36.8. The molecule has 0 aromatic rings. The van der Waals surface area contributed by atoms with Crippen molar-refractivity contribution in [3.8, 4) is 0 Å². The van der Waals surface area contributed by atoms with Crippen molar-refractivity contribution in [2.45, 2.75) is 91.8 Å². The summed E-state index contributed by atoms with van der Waals surface area (Å²) in [5.41, 5.74) is 1.10. The van der Waals surface area contributed by atoms with E-state index in [0.29, 0.717) is 12.8 Å². The zero-order chi connectivity index (χ0) is 31.1. The van der Waals surface area contributed by atoms with Gasteiger partial charge in [0.1, 0.15) is 6.10 Å². The number of rotatable bonds is 5. The minimum Gasteiger partial charge on any atom is -0.458 e. The molecule has 0 fully saturated rings. The van der Waals surface area contributed by atoms with Gasteiger partial charge in [0.15, 0.2) is 0 Å². The summed E-state index contributed by atoms with van der Waals surface area (Å²) < 4.78 is 17.4. The van der Waals surface area contributed by atoms with Gasteiger partial charge in [-0.05, 0) is 19.3 Å². The van der Waals surface area contributed by atoms with Gasteiger partial charge in [-0.1, -0.05) is 108 Å². The second-order valence-corrected chi connectivity index (χ2v) is 11.9. The summed E-state index contributed by atoms with van der Waals surface area (Å²) in [5, 5.41) is 22.4. The maximum atomic E-state index is 12.8. The van der Waals surface area contributed by atoms with E-state index in [1.807, 2.05) is 78.0 Å². The Hall–Kier alpha value is -2.25. The van der Waals surface area contributed by atoms with Crippen molar-refractivity contribution in [1.82, 2.24) is 0 Å². The molecule has 0 saturated heterocycles. The molecule has 232 valence electrons. The van der Waals surface area contributed by atoms with Crippen LogP contribution < -0.4 is 0 Å². The Bertz CT molecular complexity index is 931. The van der Waals surface area contributed by atoms with Crippen molar-refractivity contribution >= 4 is 5.97 Å². The van der Waals surface area contributed by atoms with Gasteiger partial charge < -0.3 is 24.4 Å². The zero-order valence-electron chi connectivity index (χ0n) is 26.8. The van der Waals surface area contributed by atoms with E-state index < -0.39 is 24.3 Å². The van der Waals surface area contributed by atoms with Crippen LogP contribution in [0.3, 0.4) is 0 Å². The monoisotopic (exact) mass is 572 g/mol. The molecule has 6 heteroatoms. The summed E-state index contributed by atoms with van der Waals surface area (Å²) >= 11 is 0. The molecule has 0 aliphatic carbocycles. The van der Waals surface area contributed by atoms with E-state index in [1.54, 1.807) is 26.4 Å². The molecule has 0 amide bonds. The van der Waals surface area contributed by atoms with Crippen LogP contribution in [0.4, 0.5) is 0 Å². The number of esters is 1. The number of hydrogen-bond acceptors (Lipinski definition) is 6. The predicted octanol–water partition coefficient (Wildman–Crippen LogP) is 6.62. The van der Waals surface area contributed by atoms with Crippen LogP contribution in [-0.2, 0) is 19.0 Å². The molecule has 1 heterocycles. The van der Waals surface area contributed by atoms with Crippen molar-refractivity contribution < 1.29 is 29.2 Å². The Morgan fingerprint density at radius 3 is 2.27 bits per heavy atom. The lowest BCUT2D eigenvalue weighted by Gasteiger charge is -2.33. The lowest BCUT2D eigenvalue weighted by molar-refractivity contribution is -0.151. The second-order valence-electron chi connectivity index (χ2n) is 11.9. The normalized spacial score (nSPS) is 39.8. The minimum absolute atomic E-state index is 0.0641. The Kier molecular flexibility index (Phi) is 17.1. The molecule has 41 heavy (non-hydrogen) atoms. The van der Waals surface area contributed by atoms with Crippen molar-refractivity contribution in [2.75, 3.05) is 14.2 Å². The summed E-state index contributed by atoms with van der Waals surface area (Å²) in [6.07, 6.45) is 17.7. The van der Waals surface area contributed by atoms with Crippen LogP contribution in [0.25, 0.3) is 0 Å². The summed E-state index contributed by atoms with van der Waals surface area (Å²) in [5.74, 6) is -1.05. The number of hydrogen-bond donors (Lipinski definition) is 2. The predicted molar refractivity (Wildman–Crippen MR) is 168 cm³/mol. The topological polar surface area (TPSA) is 85.2 Å². The highest BCUT2D eigenvalue weighted by Crippen LogP contribution is 2.29. The number of carbonyl (C=O) groups excluding carboxylic acids is 1. The average molecular weight is 573 g/mol. The molecule has 0 spiro atoms. The molecular formula is C35H56O6. The molecular weight excluding hydrogens is 516 g/mol. The summed E-state index contributed by atoms with van der Waals surface area (Å²) in [4.78, 5) is 12.8. The van der Waals surface area contributed by atoms with Crippen LogP contribution in [0, 0.1) is 35.5 Å². The van der Waals surface area contributed by atoms with Crippen LogP contribution in [0.15, 0.2) is 72.9 Å². The van der Waals surface area contributed by atoms with E-state index in [1.165, 1.54) is 6.08 Å². The SMILES string of the molecule is C=C/C=C\[C@H](C)[C@@H]1OC(=O)/C=C\C=C\[C@@H](C)[C@@H](OC)C[C@H](OC)/C=C\[C@H](C)[C@H](O)[C@@H](C)/C=C(/C)C[C@H](C)[C@@H](O)[C@@H]1C. The molecule has 0 aromatic carbocycles. The highest BCUT2D eigenvalue weighted by atomic mass is 16.5. The Balaban J connectivity index is 3.40. The molecule has 0 bridgehead atoms. The molecule has 2 N–H and O–H groups in total. The lowest BCUT2D eigenvalue weighted by atomic mass is 9.81. The van der Waals surface area contributed by atoms with Crippen molar-refractivity contribution in [3.63, 3.8) is 0 Å². The van der Waals surface area contributed by atoms with E-state index in [9.17, 15) is 15.0 Å². The molecule has 0 saturated carbocycles. The maximum absolute atomic E-state index is 12.8. The van der Waals surface area contributed by atoms with Gasteiger partial charge in [0.2, 0.25) is 0 Å². The average Bonchev–Trinajstić information content (AvgIpc) is 2.94. The van der Waals surface area contributed by atoms with Gasteiger partial charge in [-0.15, -0.1) is 0 Å². The molecule has 1 rings (SSSR count). The van der Waals surface area contributed by atoms with E-state index >= 15 is 0 Å². The van der Waals surface area contributed by atoms with Gasteiger partial charge in [0.25, 0.3) is 0 Å². The van der Waals surface area contributed by atoms with Crippen molar-refractivity contribution in [1.29, 1.82) is 0 Å². The number of allylic oxidation sites excluding steroid dienone is 5. The third-order valence-corrected chi connectivity index (χ3v) is 8.27. The fraction of sp³-hybridized carbons (Fsp3) is 0.629. The van der Waals surface area contributed by atoms with Crippen molar-refractivity contribution in [2.24, 2.45) is 35.5 Å². The number of aliphatic hydroxyl groups excluding tert-OH is 2. The molecule has 1 aliphatic heterocycles. The third-order valence-electron chi connectivity index (χ3n) is 8.27. The summed E-state index contributed by atoms with van der Waals surface area (Å²) in [6.45, 7) is 17.8. The molecule has 0 unspecified atom stereocenters. The smallest absolute Gasteiger partial charge is 0.331 e. The first-order chi connectivity index (χ1) is 19.4. The number of aliphatic hydroxyl groups is 2. The molecule has 6 nitrogen and oxygen atoms in total. The van der Waals surface area contributed by atoms with Gasteiger partial charge in [-0.3, -0.25) is 0 Å². The van der Waals surface area contributed by atoms with E-state index in [2.05, 4.69) is 19.6 Å². The Morgan fingerprint density at radius 1 is 0.976 bits per heavy atom. The van der Waals surface area contributed by atoms with E-state index in [-0.39, 0.29) is 47.7 Å². The van der Waals surface area contributed by atoms with Crippen LogP contribution in [0.1, 0.15) is 61.3 Å². The van der Waals surface area contributed by atoms with Gasteiger partial charge >= 0.3 is 5.97 Å². The van der Waals surface area contributed by atoms with Gasteiger partial charge in [-0.25, -0.2) is 4.79 Å². The first-order valence-electron chi connectivity index (χ1n) is 15.0. The van der Waals surface area contributed by atoms with Gasteiger partial charge in [-0.2, -0.15) is 0 Å². The number of ether oxygens (including phenoxy) is 3. The van der Waals surface area contributed by atoms with Crippen LogP contribution in [0.5, 0.6) is 0 Å². The highest BCUT2D eigenvalue weighted by Gasteiger charge is 2.33. The fourth-order valence-electron chi connectivity index (χ4n) is 5.58. The third kappa shape index (κ3) is 12.7. The second kappa shape index (κ2) is 19.0. The Labute approximate surface area is 249 Å². The van der Waals surface area contributed by atoms with Gasteiger partial charge in [0, 0.05) is 56.3 Å². The molecule has 11 atom stereocenters. The largest absolute Gasteiger partial charge is 0.458 e. The maximum Gasteiger partial charge on any atom is 0.331 e. The van der Waals surface area contributed by atoms with Crippen LogP contribution in [0.2, 0.25) is 0 Å². The standard InChI is InChI=1S/C35H56O6/c1-11-12-15-26(5)35-29(8)34(38)28(7)21-23(2)20-27(6)33(37)25(4)18-19-30(39-9)22-31(40-10)24(3)16-13-14-17-32(36)41-35/h11-20,24-31,33-35,37-38H,1,21-22H2,2-10H3/b15-12-,16-13+,17-14-,19-18-,23-20-/t24-,25+,26+,27+,28+,29+,30-,31+,33+,34-,35+/m1/s1. The number of carbonyl (C=O) groups is 1. The van der Waals surface area contributed by atoms with Gasteiger partial charge in [0.05, 0.1) is 24.4 Å². The van der Waals surface area contributed by atoms with E-state index in [4.69, 9.17) is 14.2 Å². The number of cyclic esters (lactones) is 1. The molecule has 0 aromatic heterocycles. The minimum atomic E-state index is -0.697. The van der Waals surface area contributed by atoms with Crippen LogP contribution >= 0.6 is 0 Å². The zero-order valence-corrected chi connectivity index (χ0v) is 26.8. The molecule has 0 radical (unpaired) electrons. The van der Waals surface area contributed by atoms with Crippen molar-refractivity contribution in [3.05, 3.63) is 72.9 Å². The summed E-state index contributed by atoms with van der Waals surface area (Å²) in [6, 6.07) is 0. The lowest BCUT2D eigenvalue weighted by Crippen LogP contribution is -2.40. The Morgan fingerprint density at radius 2 is 1.66 bits per heavy atom. The van der Waals surface area contributed by atoms with Crippen LogP contribution in [-0.4, -0.2) is 60.9 Å². The first-order valence-corrected chi connectivity index (χ1v) is 15.0. The highest BCUT2D eigenvalue weighted by molar-refractivity contribution is 5.82. The number of methoxy groups -OCH3 is 2. The molecule has 1 aliphatic rings. The summed E-state index contributed by atoms with van der Waals surface area (Å²) in [7, 11) is 3.36.